The maximum atomic E-state index is 10.8. The van der Waals surface area contributed by atoms with Crippen LogP contribution in [-0.2, 0) is 0 Å². The highest BCUT2D eigenvalue weighted by Crippen LogP contribution is 2.25. The van der Waals surface area contributed by atoms with E-state index in [1.54, 1.807) is 13.8 Å². The predicted octanol–water partition coefficient (Wildman–Crippen LogP) is 1.62. The van der Waals surface area contributed by atoms with E-state index in [0.717, 1.165) is 0 Å². The summed E-state index contributed by atoms with van der Waals surface area (Å²) in [4.78, 5) is 10.3. The van der Waals surface area contributed by atoms with Crippen LogP contribution >= 0.6 is 0 Å². The van der Waals surface area contributed by atoms with Crippen molar-refractivity contribution in [3.8, 4) is 6.07 Å². The number of nitrogens with zero attached hydrogens (tertiary/aromatic N) is 2. The Hall–Kier alpha value is -2.13. The van der Waals surface area contributed by atoms with Gasteiger partial charge in [0.2, 0.25) is 0 Å². The molecule has 1 aromatic carbocycles. The van der Waals surface area contributed by atoms with Crippen LogP contribution in [0.3, 0.4) is 0 Å². The molecule has 0 amide bonds. The number of nitrogens with two attached hydrogens (primary N) is 1. The molecule has 0 aliphatic heterocycles. The third-order valence-corrected chi connectivity index (χ3v) is 2.06. The van der Waals surface area contributed by atoms with Crippen LogP contribution in [0.1, 0.15) is 19.4 Å². The third-order valence-electron chi connectivity index (χ3n) is 2.06. The zero-order chi connectivity index (χ0) is 13.1. The number of benzene rings is 1. The van der Waals surface area contributed by atoms with Crippen molar-refractivity contribution in [2.75, 3.05) is 11.9 Å². The Kier molecular flexibility index (Phi) is 3.66. The van der Waals surface area contributed by atoms with E-state index in [1.807, 2.05) is 6.07 Å². The first-order chi connectivity index (χ1) is 7.83. The number of hydrogen-bond acceptors (Lipinski definition) is 5. The number of hydrogen-bond donors (Lipinski definition) is 2. The molecule has 6 nitrogen and oxygen atoms in total. The van der Waals surface area contributed by atoms with Gasteiger partial charge >= 0.3 is 0 Å². The van der Waals surface area contributed by atoms with E-state index < -0.39 is 10.5 Å². The van der Waals surface area contributed by atoms with E-state index in [0.29, 0.717) is 17.8 Å². The molecule has 0 bridgehead atoms. The van der Waals surface area contributed by atoms with Crippen molar-refractivity contribution >= 4 is 11.4 Å². The molecule has 0 spiro atoms. The summed E-state index contributed by atoms with van der Waals surface area (Å²) < 4.78 is 0. The number of nitro benzene ring substituents is 1. The van der Waals surface area contributed by atoms with Gasteiger partial charge in [0, 0.05) is 18.2 Å². The summed E-state index contributed by atoms with van der Waals surface area (Å²) in [6.07, 6.45) is 0. The fraction of sp³-hybridized carbons (Fsp3) is 0.364. The van der Waals surface area contributed by atoms with E-state index in [4.69, 9.17) is 11.0 Å². The van der Waals surface area contributed by atoms with Gasteiger partial charge in [-0.05, 0) is 26.0 Å². The molecule has 0 aliphatic rings. The van der Waals surface area contributed by atoms with Crippen LogP contribution in [0.15, 0.2) is 18.2 Å². The summed E-state index contributed by atoms with van der Waals surface area (Å²) in [7, 11) is 0. The largest absolute Gasteiger partial charge is 0.378 e. The van der Waals surface area contributed by atoms with Gasteiger partial charge in [0.05, 0.1) is 16.6 Å². The van der Waals surface area contributed by atoms with Gasteiger partial charge in [0.15, 0.2) is 0 Å². The first-order valence-corrected chi connectivity index (χ1v) is 5.05. The highest BCUT2D eigenvalue weighted by molar-refractivity contribution is 5.64. The molecule has 6 heteroatoms. The Balaban J connectivity index is 3.02. The Morgan fingerprint density at radius 2 is 2.24 bits per heavy atom. The molecule has 0 aromatic heterocycles. The lowest BCUT2D eigenvalue weighted by Gasteiger charge is -2.19. The van der Waals surface area contributed by atoms with Gasteiger partial charge < -0.3 is 11.1 Å². The monoisotopic (exact) mass is 234 g/mol. The molecular weight excluding hydrogens is 220 g/mol. The lowest BCUT2D eigenvalue weighted by atomic mass is 10.1. The molecule has 17 heavy (non-hydrogen) atoms. The maximum Gasteiger partial charge on any atom is 0.292 e. The molecule has 90 valence electrons. The molecule has 0 heterocycles. The predicted molar refractivity (Wildman–Crippen MR) is 64.6 cm³/mol. The van der Waals surface area contributed by atoms with Gasteiger partial charge in [-0.1, -0.05) is 0 Å². The SMILES string of the molecule is CC(C)(N)CNc1cc(C#N)ccc1[N+](=O)[O-]. The van der Waals surface area contributed by atoms with Gasteiger partial charge in [0.1, 0.15) is 5.69 Å². The first-order valence-electron chi connectivity index (χ1n) is 5.05. The molecule has 0 radical (unpaired) electrons. The average Bonchev–Trinajstić information content (AvgIpc) is 2.24. The second kappa shape index (κ2) is 4.80. The molecule has 0 atom stereocenters. The minimum absolute atomic E-state index is 0.0618. The van der Waals surface area contributed by atoms with Crippen LogP contribution in [0.4, 0.5) is 11.4 Å². The highest BCUT2D eigenvalue weighted by Gasteiger charge is 2.17. The van der Waals surface area contributed by atoms with Crippen LogP contribution in [0.5, 0.6) is 0 Å². The zero-order valence-electron chi connectivity index (χ0n) is 9.73. The normalized spacial score (nSPS) is 10.7. The summed E-state index contributed by atoms with van der Waals surface area (Å²) in [5.41, 5.74) is 5.91. The topological polar surface area (TPSA) is 105 Å². The molecule has 1 rings (SSSR count). The van der Waals surface area contributed by atoms with Gasteiger partial charge in [-0.3, -0.25) is 10.1 Å². The molecule has 0 unspecified atom stereocenters. The summed E-state index contributed by atoms with van der Waals surface area (Å²) >= 11 is 0. The zero-order valence-corrected chi connectivity index (χ0v) is 9.73. The Morgan fingerprint density at radius 3 is 2.71 bits per heavy atom. The fourth-order valence-electron chi connectivity index (χ4n) is 1.23. The molecule has 0 saturated heterocycles. The number of nitrogens with one attached hydrogen (secondary N) is 1. The number of nitro groups is 1. The minimum atomic E-state index is -0.493. The number of rotatable bonds is 4. The third kappa shape index (κ3) is 3.74. The molecule has 1 aromatic rings. The van der Waals surface area contributed by atoms with Crippen LogP contribution in [0.2, 0.25) is 0 Å². The van der Waals surface area contributed by atoms with E-state index in [2.05, 4.69) is 5.32 Å². The second-order valence-corrected chi connectivity index (χ2v) is 4.44. The standard InChI is InChI=1S/C11H14N4O2/c1-11(2,13)7-14-9-5-8(6-12)3-4-10(9)15(16)17/h3-5,14H,7,13H2,1-2H3. The van der Waals surface area contributed by atoms with Crippen molar-refractivity contribution in [1.82, 2.24) is 0 Å². The van der Waals surface area contributed by atoms with Crippen molar-refractivity contribution < 1.29 is 4.92 Å². The first kappa shape index (κ1) is 12.9. The van der Waals surface area contributed by atoms with E-state index in [-0.39, 0.29) is 5.69 Å². The van der Waals surface area contributed by atoms with Crippen molar-refractivity contribution in [2.45, 2.75) is 19.4 Å². The Bertz CT molecular complexity index is 471. The number of nitriles is 1. The molecule has 0 fully saturated rings. The highest BCUT2D eigenvalue weighted by atomic mass is 16.6. The summed E-state index contributed by atoms with van der Waals surface area (Å²) in [5, 5.41) is 22.4. The van der Waals surface area contributed by atoms with Gasteiger partial charge in [-0.15, -0.1) is 0 Å². The van der Waals surface area contributed by atoms with Crippen LogP contribution in [-0.4, -0.2) is 17.0 Å². The quantitative estimate of drug-likeness (QED) is 0.608. The van der Waals surface area contributed by atoms with Crippen LogP contribution in [0, 0.1) is 21.4 Å². The van der Waals surface area contributed by atoms with E-state index in [1.165, 1.54) is 18.2 Å². The smallest absolute Gasteiger partial charge is 0.292 e. The van der Waals surface area contributed by atoms with Crippen molar-refractivity contribution in [3.05, 3.63) is 33.9 Å². The lowest BCUT2D eigenvalue weighted by Crippen LogP contribution is -2.39. The number of anilines is 1. The Labute approximate surface area is 99.2 Å². The van der Waals surface area contributed by atoms with Crippen LogP contribution < -0.4 is 11.1 Å². The van der Waals surface area contributed by atoms with Crippen molar-refractivity contribution in [2.24, 2.45) is 5.73 Å². The minimum Gasteiger partial charge on any atom is -0.378 e. The maximum absolute atomic E-state index is 10.8. The lowest BCUT2D eigenvalue weighted by molar-refractivity contribution is -0.384. The molecule has 3 N–H and O–H groups in total. The van der Waals surface area contributed by atoms with Gasteiger partial charge in [-0.2, -0.15) is 5.26 Å². The second-order valence-electron chi connectivity index (χ2n) is 4.44. The Morgan fingerprint density at radius 1 is 1.59 bits per heavy atom. The van der Waals surface area contributed by atoms with Gasteiger partial charge in [-0.25, -0.2) is 0 Å². The van der Waals surface area contributed by atoms with E-state index in [9.17, 15) is 10.1 Å². The molecule has 0 saturated carbocycles. The summed E-state index contributed by atoms with van der Waals surface area (Å²) in [5.74, 6) is 0. The van der Waals surface area contributed by atoms with Gasteiger partial charge in [0.25, 0.3) is 5.69 Å². The summed E-state index contributed by atoms with van der Waals surface area (Å²) in [6, 6.07) is 6.11. The molecular formula is C11H14N4O2. The van der Waals surface area contributed by atoms with Crippen molar-refractivity contribution in [1.29, 1.82) is 5.26 Å². The summed E-state index contributed by atoms with van der Waals surface area (Å²) in [6.45, 7) is 3.99. The van der Waals surface area contributed by atoms with Crippen molar-refractivity contribution in [3.63, 3.8) is 0 Å². The van der Waals surface area contributed by atoms with E-state index >= 15 is 0 Å². The molecule has 0 aliphatic carbocycles. The van der Waals surface area contributed by atoms with Crippen LogP contribution in [0.25, 0.3) is 0 Å². The fourth-order valence-corrected chi connectivity index (χ4v) is 1.23. The average molecular weight is 234 g/mol.